The molecule has 0 saturated heterocycles. The zero-order valence-electron chi connectivity index (χ0n) is 6.77. The molecule has 9 heavy (non-hydrogen) atoms. The minimum absolute atomic E-state index is 0. The third kappa shape index (κ3) is 3.18. The summed E-state index contributed by atoms with van der Waals surface area (Å²) in [5, 5.41) is 0. The molecule has 0 aliphatic heterocycles. The van der Waals surface area contributed by atoms with E-state index in [1.54, 1.807) is 12.1 Å². The van der Waals surface area contributed by atoms with Crippen molar-refractivity contribution in [2.75, 3.05) is 0 Å². The molecule has 0 bridgehead atoms. The van der Waals surface area contributed by atoms with E-state index in [4.69, 9.17) is 0 Å². The minimum atomic E-state index is -0.201. The van der Waals surface area contributed by atoms with Crippen LogP contribution in [0.2, 0.25) is 0 Å². The van der Waals surface area contributed by atoms with E-state index < -0.39 is 0 Å². The molecule has 1 rings (SSSR count). The van der Waals surface area contributed by atoms with Gasteiger partial charge in [0.2, 0.25) is 0 Å². The van der Waals surface area contributed by atoms with Gasteiger partial charge in [-0.3, -0.25) is 0 Å². The summed E-state index contributed by atoms with van der Waals surface area (Å²) < 4.78 is 13.0. The van der Waals surface area contributed by atoms with Crippen LogP contribution in [-0.2, 0) is 0 Å². The van der Waals surface area contributed by atoms with Gasteiger partial charge in [-0.25, -0.2) is 4.39 Å². The van der Waals surface area contributed by atoms with E-state index in [-0.39, 0.29) is 31.7 Å². The largest absolute Gasteiger partial charge is 2.00 e. The Bertz CT molecular complexity index is 159. The second-order valence-corrected chi connectivity index (χ2v) is 2.35. The second kappa shape index (κ2) is 4.25. The summed E-state index contributed by atoms with van der Waals surface area (Å²) >= 11 is 3.18. The van der Waals surface area contributed by atoms with E-state index in [0.29, 0.717) is 0 Å². The van der Waals surface area contributed by atoms with Gasteiger partial charge in [0.15, 0.2) is 0 Å². The Morgan fingerprint density at radius 2 is 1.67 bits per heavy atom. The molecular formula is C6H6BrFMg. The van der Waals surface area contributed by atoms with Gasteiger partial charge in [0.05, 0.1) is 0 Å². The Labute approximate surface area is 80.7 Å². The normalized spacial score (nSPS) is 8.22. The van der Waals surface area contributed by atoms with E-state index >= 15 is 0 Å². The summed E-state index contributed by atoms with van der Waals surface area (Å²) in [6.07, 6.45) is 0. The fourth-order valence-corrected chi connectivity index (χ4v) is 0.694. The molecule has 0 N–H and O–H groups in total. The molecule has 46 valence electrons. The van der Waals surface area contributed by atoms with Crippen molar-refractivity contribution in [2.45, 2.75) is 0 Å². The van der Waals surface area contributed by atoms with Crippen LogP contribution >= 0.6 is 15.9 Å². The van der Waals surface area contributed by atoms with Crippen LogP contribution < -0.4 is 0 Å². The Balaban J connectivity index is -0.000000213. The number of hydrogen-bond donors (Lipinski definition) is 0. The van der Waals surface area contributed by atoms with Crippen LogP contribution in [0.4, 0.5) is 4.39 Å². The van der Waals surface area contributed by atoms with Gasteiger partial charge in [0, 0.05) is 4.47 Å². The van der Waals surface area contributed by atoms with Gasteiger partial charge in [-0.05, 0) is 24.3 Å². The predicted molar refractivity (Wildman–Crippen MR) is 42.1 cm³/mol. The third-order valence-electron chi connectivity index (χ3n) is 0.804. The smallest absolute Gasteiger partial charge is 1.00 e. The average molecular weight is 201 g/mol. The van der Waals surface area contributed by atoms with Crippen LogP contribution in [0.5, 0.6) is 0 Å². The number of rotatable bonds is 0. The summed E-state index contributed by atoms with van der Waals surface area (Å²) in [6.45, 7) is 0. The fourth-order valence-electron chi connectivity index (χ4n) is 0.430. The van der Waals surface area contributed by atoms with E-state index in [1.165, 1.54) is 12.1 Å². The number of halogens is 2. The summed E-state index contributed by atoms with van der Waals surface area (Å²) in [7, 11) is 0. The maximum Gasteiger partial charge on any atom is 2.00 e. The van der Waals surface area contributed by atoms with Crippen LogP contribution in [0, 0.1) is 5.82 Å². The van der Waals surface area contributed by atoms with E-state index in [1.807, 2.05) is 0 Å². The van der Waals surface area contributed by atoms with Gasteiger partial charge in [-0.2, -0.15) is 0 Å². The monoisotopic (exact) mass is 200 g/mol. The van der Waals surface area contributed by atoms with E-state index in [2.05, 4.69) is 15.9 Å². The quantitative estimate of drug-likeness (QED) is 0.566. The molecule has 3 heteroatoms. The molecule has 0 aliphatic rings. The van der Waals surface area contributed by atoms with Crippen LogP contribution in [0.1, 0.15) is 2.85 Å². The molecule has 0 fully saturated rings. The zero-order valence-corrected chi connectivity index (χ0v) is 7.77. The van der Waals surface area contributed by atoms with Crippen molar-refractivity contribution in [3.05, 3.63) is 34.6 Å². The molecule has 0 amide bonds. The molecule has 0 spiro atoms. The molecule has 0 atom stereocenters. The van der Waals surface area contributed by atoms with Crippen LogP contribution in [0.25, 0.3) is 0 Å². The molecule has 0 heterocycles. The Morgan fingerprint density at radius 1 is 1.22 bits per heavy atom. The van der Waals surface area contributed by atoms with Crippen molar-refractivity contribution >= 4 is 39.0 Å². The molecule has 0 nitrogen and oxygen atoms in total. The predicted octanol–water partition coefficient (Wildman–Crippen LogP) is 2.43. The van der Waals surface area contributed by atoms with Gasteiger partial charge in [0.1, 0.15) is 5.82 Å². The van der Waals surface area contributed by atoms with Crippen LogP contribution in [-0.4, -0.2) is 23.1 Å². The van der Waals surface area contributed by atoms with Crippen molar-refractivity contribution in [1.82, 2.24) is 0 Å². The molecular weight excluding hydrogens is 195 g/mol. The van der Waals surface area contributed by atoms with Crippen LogP contribution in [0.15, 0.2) is 28.7 Å². The van der Waals surface area contributed by atoms with Gasteiger partial charge < -0.3 is 2.85 Å². The van der Waals surface area contributed by atoms with Crippen molar-refractivity contribution in [3.63, 3.8) is 0 Å². The number of benzene rings is 1. The standard InChI is InChI=1S/C6H4BrF.Mg.2H/c7-5-1-3-6(8)4-2-5;;;/h1-4H;;;/q;+2;2*-1. The average Bonchev–Trinajstić information content (AvgIpc) is 1.77. The van der Waals surface area contributed by atoms with Crippen LogP contribution in [0.3, 0.4) is 0 Å². The minimum Gasteiger partial charge on any atom is -1.00 e. The third-order valence-corrected chi connectivity index (χ3v) is 1.33. The molecule has 1 aromatic rings. The van der Waals surface area contributed by atoms with Crippen molar-refractivity contribution < 1.29 is 7.24 Å². The van der Waals surface area contributed by atoms with Crippen molar-refractivity contribution in [3.8, 4) is 0 Å². The van der Waals surface area contributed by atoms with Crippen molar-refractivity contribution in [2.24, 2.45) is 0 Å². The summed E-state index contributed by atoms with van der Waals surface area (Å²) in [4.78, 5) is 0. The molecule has 1 aromatic carbocycles. The first-order valence-electron chi connectivity index (χ1n) is 2.20. The van der Waals surface area contributed by atoms with Crippen molar-refractivity contribution in [1.29, 1.82) is 0 Å². The fraction of sp³-hybridized carbons (Fsp3) is 0. The Kier molecular flexibility index (Phi) is 4.44. The van der Waals surface area contributed by atoms with Gasteiger partial charge in [0.25, 0.3) is 0 Å². The summed E-state index contributed by atoms with van der Waals surface area (Å²) in [5.74, 6) is -0.201. The molecule has 0 unspecified atom stereocenters. The summed E-state index contributed by atoms with van der Waals surface area (Å²) in [5.41, 5.74) is 0. The van der Waals surface area contributed by atoms with E-state index in [0.717, 1.165) is 4.47 Å². The molecule has 0 aliphatic carbocycles. The summed E-state index contributed by atoms with van der Waals surface area (Å²) in [6, 6.07) is 6.14. The maximum atomic E-state index is 12.1. The second-order valence-electron chi connectivity index (χ2n) is 1.44. The SMILES string of the molecule is Fc1ccc(Br)cc1.[H-].[H-].[Mg+2]. The molecule has 0 saturated carbocycles. The first-order chi connectivity index (χ1) is 3.79. The molecule has 0 radical (unpaired) electrons. The van der Waals surface area contributed by atoms with E-state index in [9.17, 15) is 4.39 Å². The Morgan fingerprint density at radius 3 is 2.00 bits per heavy atom. The maximum absolute atomic E-state index is 12.1. The molecule has 0 aromatic heterocycles. The van der Waals surface area contributed by atoms with Gasteiger partial charge >= 0.3 is 23.1 Å². The first-order valence-corrected chi connectivity index (χ1v) is 2.99. The first kappa shape index (κ1) is 9.40. The van der Waals surface area contributed by atoms with Gasteiger partial charge in [-0.15, -0.1) is 0 Å². The number of hydrogen-bond acceptors (Lipinski definition) is 0. The topological polar surface area (TPSA) is 0 Å². The zero-order chi connectivity index (χ0) is 5.98. The Hall–Kier alpha value is 0.396. The van der Waals surface area contributed by atoms with Gasteiger partial charge in [-0.1, -0.05) is 15.9 Å².